The quantitative estimate of drug-likeness (QED) is 0.445. The zero-order chi connectivity index (χ0) is 22.3. The molecule has 0 amide bonds. The summed E-state index contributed by atoms with van der Waals surface area (Å²) in [7, 11) is 0. The molecule has 2 aromatic carbocycles. The van der Waals surface area contributed by atoms with Crippen LogP contribution in [0.5, 0.6) is 5.75 Å². The van der Waals surface area contributed by atoms with Crippen LogP contribution in [-0.4, -0.2) is 34.3 Å². The molecule has 2 unspecified atom stereocenters. The number of aromatic hydroxyl groups is 1. The van der Waals surface area contributed by atoms with Crippen molar-refractivity contribution in [2.24, 2.45) is 5.73 Å². The van der Waals surface area contributed by atoms with Crippen LogP contribution in [-0.2, 0) is 17.7 Å². The first-order valence-corrected chi connectivity index (χ1v) is 10.6. The topological polar surface area (TPSA) is 113 Å². The maximum Gasteiger partial charge on any atom is 0.293 e. The molecular formula is C25H26N4O3. The van der Waals surface area contributed by atoms with Gasteiger partial charge in [0.2, 0.25) is 5.75 Å². The lowest BCUT2D eigenvalue weighted by molar-refractivity contribution is 0.190. The Labute approximate surface area is 186 Å². The molecule has 2 atom stereocenters. The summed E-state index contributed by atoms with van der Waals surface area (Å²) in [5.74, 6) is 5.96. The molecule has 164 valence electrons. The maximum atomic E-state index is 11.5. The number of nitrogens with one attached hydrogen (secondary N) is 2. The van der Waals surface area contributed by atoms with Crippen LogP contribution in [0, 0.1) is 11.8 Å². The fourth-order valence-corrected chi connectivity index (χ4v) is 3.53. The number of ether oxygens (including phenoxy) is 1. The third kappa shape index (κ3) is 5.62. The van der Waals surface area contributed by atoms with Gasteiger partial charge in [0.15, 0.2) is 0 Å². The van der Waals surface area contributed by atoms with Gasteiger partial charge in [0.1, 0.15) is 0 Å². The molecule has 0 bridgehead atoms. The number of hydrogen-bond donors (Lipinski definition) is 4. The largest absolute Gasteiger partial charge is 0.502 e. The summed E-state index contributed by atoms with van der Waals surface area (Å²) in [5.41, 5.74) is 9.87. The Morgan fingerprint density at radius 2 is 1.84 bits per heavy atom. The van der Waals surface area contributed by atoms with E-state index in [1.54, 1.807) is 0 Å². The average molecular weight is 431 g/mol. The van der Waals surface area contributed by atoms with E-state index < -0.39 is 11.6 Å². The smallest absolute Gasteiger partial charge is 0.293 e. The molecule has 32 heavy (non-hydrogen) atoms. The van der Waals surface area contributed by atoms with Gasteiger partial charge in [-0.05, 0) is 41.8 Å². The van der Waals surface area contributed by atoms with Crippen LogP contribution in [0.4, 0.5) is 0 Å². The van der Waals surface area contributed by atoms with Crippen molar-refractivity contribution in [3.05, 3.63) is 93.2 Å². The molecule has 1 fully saturated rings. The van der Waals surface area contributed by atoms with Gasteiger partial charge in [0, 0.05) is 42.8 Å². The van der Waals surface area contributed by atoms with E-state index in [4.69, 9.17) is 10.5 Å². The van der Waals surface area contributed by atoms with Crippen molar-refractivity contribution >= 4 is 0 Å². The van der Waals surface area contributed by atoms with Crippen LogP contribution in [0.2, 0.25) is 0 Å². The van der Waals surface area contributed by atoms with E-state index in [1.165, 1.54) is 11.9 Å². The third-order valence-corrected chi connectivity index (χ3v) is 5.49. The molecule has 3 aromatic rings. The minimum absolute atomic E-state index is 0.260. The molecule has 7 nitrogen and oxygen atoms in total. The van der Waals surface area contributed by atoms with Crippen LogP contribution in [0.1, 0.15) is 40.4 Å². The van der Waals surface area contributed by atoms with E-state index in [-0.39, 0.29) is 17.9 Å². The van der Waals surface area contributed by atoms with Crippen molar-refractivity contribution in [1.82, 2.24) is 15.3 Å². The summed E-state index contributed by atoms with van der Waals surface area (Å²) < 4.78 is 5.38. The zero-order valence-corrected chi connectivity index (χ0v) is 17.7. The lowest BCUT2D eigenvalue weighted by atomic mass is 10.0. The Balaban J connectivity index is 1.34. The molecule has 1 aliphatic rings. The third-order valence-electron chi connectivity index (χ3n) is 5.49. The standard InChI is InChI=1S/C25H26N4O3/c26-22(13-23-24(30)25(31)29-16-28-23)20-9-7-18(8-10-20)2-1-17-3-5-19(6-4-17)14-27-21-11-12-32-15-21/h3-10,16,21-22,27,30H,11-15,26H2,(H,28,29,31). The second-order valence-corrected chi connectivity index (χ2v) is 7.85. The first kappa shape index (κ1) is 21.8. The second-order valence-electron chi connectivity index (χ2n) is 7.85. The fraction of sp³-hybridized carbons (Fsp3) is 0.280. The van der Waals surface area contributed by atoms with Gasteiger partial charge >= 0.3 is 0 Å². The molecular weight excluding hydrogens is 404 g/mol. The number of nitrogens with two attached hydrogens (primary N) is 1. The molecule has 1 saturated heterocycles. The minimum atomic E-state index is -0.569. The van der Waals surface area contributed by atoms with Gasteiger partial charge in [-0.2, -0.15) is 0 Å². The van der Waals surface area contributed by atoms with E-state index in [9.17, 15) is 9.90 Å². The van der Waals surface area contributed by atoms with Crippen LogP contribution >= 0.6 is 0 Å². The van der Waals surface area contributed by atoms with Crippen molar-refractivity contribution in [2.45, 2.75) is 31.5 Å². The average Bonchev–Trinajstić information content (AvgIpc) is 3.34. The highest BCUT2D eigenvalue weighted by molar-refractivity contribution is 5.44. The summed E-state index contributed by atoms with van der Waals surface area (Å²) in [6.07, 6.45) is 2.59. The number of H-pyrrole nitrogens is 1. The van der Waals surface area contributed by atoms with E-state index in [0.29, 0.717) is 6.04 Å². The minimum Gasteiger partial charge on any atom is -0.502 e. The Bertz CT molecular complexity index is 1150. The summed E-state index contributed by atoms with van der Waals surface area (Å²) in [5, 5.41) is 13.3. The predicted molar refractivity (Wildman–Crippen MR) is 122 cm³/mol. The normalized spacial score (nSPS) is 16.3. The Hall–Kier alpha value is -3.44. The summed E-state index contributed by atoms with van der Waals surface area (Å²) in [4.78, 5) is 17.8. The summed E-state index contributed by atoms with van der Waals surface area (Å²) in [6.45, 7) is 2.46. The van der Waals surface area contributed by atoms with Gasteiger partial charge in [-0.3, -0.25) is 4.79 Å². The molecule has 0 aliphatic carbocycles. The van der Waals surface area contributed by atoms with Crippen LogP contribution in [0.3, 0.4) is 0 Å². The van der Waals surface area contributed by atoms with Crippen molar-refractivity contribution < 1.29 is 9.84 Å². The highest BCUT2D eigenvalue weighted by Gasteiger charge is 2.14. The van der Waals surface area contributed by atoms with E-state index in [2.05, 4.69) is 39.3 Å². The van der Waals surface area contributed by atoms with E-state index in [1.807, 2.05) is 36.4 Å². The van der Waals surface area contributed by atoms with Gasteiger partial charge in [-0.25, -0.2) is 4.98 Å². The Morgan fingerprint density at radius 3 is 2.50 bits per heavy atom. The van der Waals surface area contributed by atoms with E-state index >= 15 is 0 Å². The van der Waals surface area contributed by atoms with Gasteiger partial charge in [-0.1, -0.05) is 36.1 Å². The first-order chi connectivity index (χ1) is 15.6. The van der Waals surface area contributed by atoms with Crippen molar-refractivity contribution in [3.8, 4) is 17.6 Å². The zero-order valence-electron chi connectivity index (χ0n) is 17.7. The van der Waals surface area contributed by atoms with Crippen LogP contribution in [0.15, 0.2) is 59.7 Å². The molecule has 5 N–H and O–H groups in total. The summed E-state index contributed by atoms with van der Waals surface area (Å²) >= 11 is 0. The number of nitrogens with zero attached hydrogens (tertiary/aromatic N) is 1. The lowest BCUT2D eigenvalue weighted by Gasteiger charge is -2.12. The summed E-state index contributed by atoms with van der Waals surface area (Å²) in [6, 6.07) is 15.9. The molecule has 0 saturated carbocycles. The van der Waals surface area contributed by atoms with Crippen molar-refractivity contribution in [2.75, 3.05) is 13.2 Å². The van der Waals surface area contributed by atoms with Crippen LogP contribution < -0.4 is 16.6 Å². The molecule has 4 rings (SSSR count). The Morgan fingerprint density at radius 1 is 1.16 bits per heavy atom. The highest BCUT2D eigenvalue weighted by Crippen LogP contribution is 2.18. The fourth-order valence-electron chi connectivity index (χ4n) is 3.53. The monoisotopic (exact) mass is 430 g/mol. The molecule has 2 heterocycles. The maximum absolute atomic E-state index is 11.5. The number of rotatable bonds is 6. The van der Waals surface area contributed by atoms with Gasteiger partial charge in [0.25, 0.3) is 5.56 Å². The molecule has 0 spiro atoms. The van der Waals surface area contributed by atoms with Gasteiger partial charge in [0.05, 0.1) is 18.6 Å². The number of aromatic nitrogens is 2. The molecule has 0 radical (unpaired) electrons. The Kier molecular flexibility index (Phi) is 6.97. The number of hydrogen-bond acceptors (Lipinski definition) is 6. The number of aromatic amines is 1. The predicted octanol–water partition coefficient (Wildman–Crippen LogP) is 2.00. The van der Waals surface area contributed by atoms with Crippen molar-refractivity contribution in [1.29, 1.82) is 0 Å². The van der Waals surface area contributed by atoms with Crippen LogP contribution in [0.25, 0.3) is 0 Å². The van der Waals surface area contributed by atoms with Gasteiger partial charge in [-0.15, -0.1) is 0 Å². The van der Waals surface area contributed by atoms with Crippen molar-refractivity contribution in [3.63, 3.8) is 0 Å². The molecule has 1 aliphatic heterocycles. The SMILES string of the molecule is NC(Cc1nc[nH]c(=O)c1O)c1ccc(C#Cc2ccc(CNC3CCOC3)cc2)cc1. The molecule has 7 heteroatoms. The highest BCUT2D eigenvalue weighted by atomic mass is 16.5. The van der Waals surface area contributed by atoms with Gasteiger partial charge < -0.3 is 25.9 Å². The lowest BCUT2D eigenvalue weighted by Crippen LogP contribution is -2.28. The molecule has 1 aromatic heterocycles. The number of benzene rings is 2. The second kappa shape index (κ2) is 10.2. The first-order valence-electron chi connectivity index (χ1n) is 10.6. The van der Waals surface area contributed by atoms with E-state index in [0.717, 1.165) is 42.9 Å².